The predicted molar refractivity (Wildman–Crippen MR) is 94.0 cm³/mol. The van der Waals surface area contributed by atoms with Gasteiger partial charge in [0.25, 0.3) is 0 Å². The zero-order valence-electron chi connectivity index (χ0n) is 13.9. The van der Waals surface area contributed by atoms with Crippen molar-refractivity contribution in [2.45, 2.75) is 26.3 Å². The van der Waals surface area contributed by atoms with Gasteiger partial charge in [0, 0.05) is 6.08 Å². The summed E-state index contributed by atoms with van der Waals surface area (Å²) in [5, 5.41) is 2.97. The Kier molecular flexibility index (Phi) is 4.85. The van der Waals surface area contributed by atoms with Gasteiger partial charge in [-0.2, -0.15) is 0 Å². The molecule has 0 aromatic heterocycles. The van der Waals surface area contributed by atoms with Crippen molar-refractivity contribution in [3.05, 3.63) is 65.2 Å². The fraction of sp³-hybridized carbons (Fsp3) is 0.250. The zero-order valence-corrected chi connectivity index (χ0v) is 13.9. The van der Waals surface area contributed by atoms with Crippen molar-refractivity contribution in [3.63, 3.8) is 0 Å². The highest BCUT2D eigenvalue weighted by Gasteiger charge is 2.12. The number of hydrogen-bond donors (Lipinski definition) is 1. The van der Waals surface area contributed by atoms with Gasteiger partial charge in [0.1, 0.15) is 0 Å². The van der Waals surface area contributed by atoms with Crippen molar-refractivity contribution in [2.75, 3.05) is 6.79 Å². The third-order valence-electron chi connectivity index (χ3n) is 4.07. The maximum atomic E-state index is 12.1. The molecule has 1 N–H and O–H groups in total. The van der Waals surface area contributed by atoms with Crippen LogP contribution in [0.2, 0.25) is 0 Å². The van der Waals surface area contributed by atoms with Crippen molar-refractivity contribution in [2.24, 2.45) is 0 Å². The van der Waals surface area contributed by atoms with Gasteiger partial charge in [-0.3, -0.25) is 4.79 Å². The minimum Gasteiger partial charge on any atom is -0.454 e. The molecule has 0 fully saturated rings. The second-order valence-corrected chi connectivity index (χ2v) is 5.77. The fourth-order valence-electron chi connectivity index (χ4n) is 2.58. The quantitative estimate of drug-likeness (QED) is 0.850. The molecule has 0 spiro atoms. The molecule has 4 nitrogen and oxygen atoms in total. The van der Waals surface area contributed by atoms with E-state index >= 15 is 0 Å². The highest BCUT2D eigenvalue weighted by molar-refractivity contribution is 5.92. The summed E-state index contributed by atoms with van der Waals surface area (Å²) >= 11 is 0. The van der Waals surface area contributed by atoms with Crippen LogP contribution in [0.4, 0.5) is 0 Å². The van der Waals surface area contributed by atoms with Crippen LogP contribution < -0.4 is 14.8 Å². The molecule has 1 atom stereocenters. The van der Waals surface area contributed by atoms with Crippen LogP contribution in [0.1, 0.15) is 36.6 Å². The second-order valence-electron chi connectivity index (χ2n) is 5.77. The molecular formula is C20H21NO3. The Morgan fingerprint density at radius 2 is 1.92 bits per heavy atom. The molecule has 1 heterocycles. The third-order valence-corrected chi connectivity index (χ3v) is 4.07. The first kappa shape index (κ1) is 16.1. The van der Waals surface area contributed by atoms with Crippen molar-refractivity contribution in [1.82, 2.24) is 5.32 Å². The van der Waals surface area contributed by atoms with Gasteiger partial charge in [-0.1, -0.05) is 37.3 Å². The van der Waals surface area contributed by atoms with E-state index in [2.05, 4.69) is 36.5 Å². The Morgan fingerprint density at radius 3 is 2.67 bits per heavy atom. The number of fused-ring (bicyclic) bond motifs is 1. The van der Waals surface area contributed by atoms with Crippen LogP contribution in [0, 0.1) is 0 Å². The van der Waals surface area contributed by atoms with Crippen LogP contribution in [-0.2, 0) is 11.2 Å². The minimum absolute atomic E-state index is 0.0372. The Labute approximate surface area is 142 Å². The number of rotatable bonds is 5. The van der Waals surface area contributed by atoms with E-state index in [9.17, 15) is 4.79 Å². The van der Waals surface area contributed by atoms with Crippen molar-refractivity contribution in [1.29, 1.82) is 0 Å². The van der Waals surface area contributed by atoms with Gasteiger partial charge in [-0.25, -0.2) is 0 Å². The predicted octanol–water partition coefficient (Wildman–Crippen LogP) is 3.87. The number of carbonyl (C=O) groups excluding carboxylic acids is 1. The second kappa shape index (κ2) is 7.21. The van der Waals surface area contributed by atoms with Crippen molar-refractivity contribution in [3.8, 4) is 11.5 Å². The standard InChI is InChI=1S/C20H21NO3/c1-3-15-4-8-17(9-5-15)14(2)21-20(22)11-7-16-6-10-18-19(12-16)24-13-23-18/h4-12,14H,3,13H2,1-2H3,(H,21,22)/b11-7+. The largest absolute Gasteiger partial charge is 0.454 e. The van der Waals surface area contributed by atoms with E-state index in [0.717, 1.165) is 23.3 Å². The number of ether oxygens (including phenoxy) is 2. The number of amides is 1. The zero-order chi connectivity index (χ0) is 16.9. The average molecular weight is 323 g/mol. The molecule has 0 saturated heterocycles. The lowest BCUT2D eigenvalue weighted by molar-refractivity contribution is -0.117. The summed E-state index contributed by atoms with van der Waals surface area (Å²) in [5.74, 6) is 1.32. The Bertz CT molecular complexity index is 750. The molecule has 1 amide bonds. The van der Waals surface area contributed by atoms with E-state index in [1.165, 1.54) is 11.6 Å². The number of benzene rings is 2. The Morgan fingerprint density at radius 1 is 1.17 bits per heavy atom. The smallest absolute Gasteiger partial charge is 0.244 e. The highest BCUT2D eigenvalue weighted by atomic mass is 16.7. The SMILES string of the molecule is CCc1ccc(C(C)NC(=O)/C=C/c2ccc3c(c2)OCO3)cc1. The molecule has 0 saturated carbocycles. The topological polar surface area (TPSA) is 47.6 Å². The molecule has 2 aromatic rings. The average Bonchev–Trinajstić information content (AvgIpc) is 3.07. The molecule has 3 rings (SSSR count). The van der Waals surface area contributed by atoms with Crippen molar-refractivity contribution >= 4 is 12.0 Å². The number of nitrogens with one attached hydrogen (secondary N) is 1. The normalized spacial score (nSPS) is 13.9. The summed E-state index contributed by atoms with van der Waals surface area (Å²) in [7, 11) is 0. The molecule has 24 heavy (non-hydrogen) atoms. The van der Waals surface area contributed by atoms with E-state index < -0.39 is 0 Å². The number of carbonyl (C=O) groups is 1. The first-order chi connectivity index (χ1) is 11.7. The molecule has 2 aromatic carbocycles. The van der Waals surface area contributed by atoms with Crippen LogP contribution in [0.5, 0.6) is 11.5 Å². The summed E-state index contributed by atoms with van der Waals surface area (Å²) in [6.45, 7) is 4.35. The number of hydrogen-bond acceptors (Lipinski definition) is 3. The van der Waals surface area contributed by atoms with Crippen LogP contribution >= 0.6 is 0 Å². The first-order valence-corrected chi connectivity index (χ1v) is 8.13. The van der Waals surface area contributed by atoms with Gasteiger partial charge >= 0.3 is 0 Å². The molecule has 124 valence electrons. The monoisotopic (exact) mass is 323 g/mol. The van der Waals surface area contributed by atoms with E-state index in [1.54, 1.807) is 6.08 Å². The Balaban J connectivity index is 1.60. The summed E-state index contributed by atoms with van der Waals surface area (Å²) < 4.78 is 10.6. The maximum Gasteiger partial charge on any atom is 0.244 e. The molecule has 0 aliphatic carbocycles. The number of aryl methyl sites for hydroxylation is 1. The lowest BCUT2D eigenvalue weighted by Gasteiger charge is -2.13. The maximum absolute atomic E-state index is 12.1. The Hall–Kier alpha value is -2.75. The van der Waals surface area contributed by atoms with Gasteiger partial charge in [0.05, 0.1) is 6.04 Å². The fourth-order valence-corrected chi connectivity index (χ4v) is 2.58. The van der Waals surface area contributed by atoms with Crippen LogP contribution in [0.15, 0.2) is 48.5 Å². The van der Waals surface area contributed by atoms with Gasteiger partial charge < -0.3 is 14.8 Å². The summed E-state index contributed by atoms with van der Waals surface area (Å²) in [5.41, 5.74) is 3.28. The molecule has 0 bridgehead atoms. The molecule has 1 unspecified atom stereocenters. The summed E-state index contributed by atoms with van der Waals surface area (Å²) in [6, 6.07) is 13.9. The van der Waals surface area contributed by atoms with Crippen LogP contribution in [-0.4, -0.2) is 12.7 Å². The lowest BCUT2D eigenvalue weighted by atomic mass is 10.0. The summed E-state index contributed by atoms with van der Waals surface area (Å²) in [4.78, 5) is 12.1. The van der Waals surface area contributed by atoms with E-state index in [0.29, 0.717) is 5.75 Å². The highest BCUT2D eigenvalue weighted by Crippen LogP contribution is 2.32. The first-order valence-electron chi connectivity index (χ1n) is 8.13. The van der Waals surface area contributed by atoms with E-state index in [-0.39, 0.29) is 18.7 Å². The van der Waals surface area contributed by atoms with Gasteiger partial charge in [0.2, 0.25) is 12.7 Å². The van der Waals surface area contributed by atoms with Crippen LogP contribution in [0.3, 0.4) is 0 Å². The van der Waals surface area contributed by atoms with Crippen molar-refractivity contribution < 1.29 is 14.3 Å². The van der Waals surface area contributed by atoms with Crippen LogP contribution in [0.25, 0.3) is 6.08 Å². The van der Waals surface area contributed by atoms with Gasteiger partial charge in [-0.05, 0) is 48.2 Å². The molecule has 1 aliphatic rings. The third kappa shape index (κ3) is 3.77. The minimum atomic E-state index is -0.125. The van der Waals surface area contributed by atoms with Gasteiger partial charge in [-0.15, -0.1) is 0 Å². The van der Waals surface area contributed by atoms with E-state index in [1.807, 2.05) is 25.1 Å². The lowest BCUT2D eigenvalue weighted by Crippen LogP contribution is -2.24. The van der Waals surface area contributed by atoms with E-state index in [4.69, 9.17) is 9.47 Å². The molecule has 0 radical (unpaired) electrons. The molecular weight excluding hydrogens is 302 g/mol. The van der Waals surface area contributed by atoms with Gasteiger partial charge in [0.15, 0.2) is 11.5 Å². The molecule has 1 aliphatic heterocycles. The molecule has 4 heteroatoms. The summed E-state index contributed by atoms with van der Waals surface area (Å²) in [6.07, 6.45) is 4.32.